The topological polar surface area (TPSA) is 66.4 Å². The number of nitrogens with one attached hydrogen (secondary N) is 1. The second kappa shape index (κ2) is 5.68. The fourth-order valence-corrected chi connectivity index (χ4v) is 1.56. The molecule has 4 nitrogen and oxygen atoms in total. The van der Waals surface area contributed by atoms with Crippen molar-refractivity contribution in [1.29, 1.82) is 0 Å². The lowest BCUT2D eigenvalue weighted by atomic mass is 10.1. The van der Waals surface area contributed by atoms with Gasteiger partial charge in [0.15, 0.2) is 0 Å². The highest BCUT2D eigenvalue weighted by Crippen LogP contribution is 2.20. The predicted octanol–water partition coefficient (Wildman–Crippen LogP) is 1.78. The third-order valence-corrected chi connectivity index (χ3v) is 2.91. The Kier molecular flexibility index (Phi) is 4.52. The van der Waals surface area contributed by atoms with Gasteiger partial charge >= 0.3 is 5.97 Å². The number of carboxylic acids is 1. The van der Waals surface area contributed by atoms with Crippen LogP contribution < -0.4 is 5.32 Å². The Morgan fingerprint density at radius 2 is 2.12 bits per heavy atom. The summed E-state index contributed by atoms with van der Waals surface area (Å²) in [6.45, 7) is 3.27. The van der Waals surface area contributed by atoms with Crippen LogP contribution >= 0.6 is 11.6 Å². The molecule has 5 heteroatoms. The monoisotopic (exact) mass is 255 g/mol. The minimum atomic E-state index is -1.06. The largest absolute Gasteiger partial charge is 0.480 e. The van der Waals surface area contributed by atoms with Gasteiger partial charge in [-0.3, -0.25) is 9.59 Å². The standard InChI is InChI=1S/C12H14ClNO3/c1-7-4-3-5-9(11(7)13)6-10(15)14-8(2)12(16)17/h3-5,8H,6H2,1-2H3,(H,14,15)(H,16,17)/t8-/m1/s1. The molecule has 0 aliphatic carbocycles. The lowest BCUT2D eigenvalue weighted by Crippen LogP contribution is -2.39. The van der Waals surface area contributed by atoms with E-state index in [-0.39, 0.29) is 12.3 Å². The van der Waals surface area contributed by atoms with Crippen molar-refractivity contribution in [1.82, 2.24) is 5.32 Å². The zero-order chi connectivity index (χ0) is 13.0. The molecule has 0 spiro atoms. The van der Waals surface area contributed by atoms with Gasteiger partial charge in [0.05, 0.1) is 6.42 Å². The summed E-state index contributed by atoms with van der Waals surface area (Å²) in [5.41, 5.74) is 1.59. The van der Waals surface area contributed by atoms with Crippen LogP contribution in [-0.4, -0.2) is 23.0 Å². The highest BCUT2D eigenvalue weighted by atomic mass is 35.5. The summed E-state index contributed by atoms with van der Waals surface area (Å²) >= 11 is 6.04. The van der Waals surface area contributed by atoms with Crippen molar-refractivity contribution < 1.29 is 14.7 Å². The van der Waals surface area contributed by atoms with Crippen molar-refractivity contribution in [2.24, 2.45) is 0 Å². The fourth-order valence-electron chi connectivity index (χ4n) is 1.37. The van der Waals surface area contributed by atoms with Crippen molar-refractivity contribution >= 4 is 23.5 Å². The van der Waals surface area contributed by atoms with E-state index in [0.717, 1.165) is 5.56 Å². The van der Waals surface area contributed by atoms with Gasteiger partial charge in [0.1, 0.15) is 6.04 Å². The Hall–Kier alpha value is -1.55. The molecule has 0 radical (unpaired) electrons. The predicted molar refractivity (Wildman–Crippen MR) is 65.1 cm³/mol. The molecule has 1 atom stereocenters. The van der Waals surface area contributed by atoms with Gasteiger partial charge in [-0.05, 0) is 25.0 Å². The van der Waals surface area contributed by atoms with Crippen LogP contribution in [0.4, 0.5) is 0 Å². The van der Waals surface area contributed by atoms with Crippen molar-refractivity contribution in [2.75, 3.05) is 0 Å². The first kappa shape index (κ1) is 13.5. The van der Waals surface area contributed by atoms with E-state index in [1.807, 2.05) is 19.1 Å². The number of amides is 1. The highest BCUT2D eigenvalue weighted by Gasteiger charge is 2.15. The Morgan fingerprint density at radius 3 is 2.71 bits per heavy atom. The van der Waals surface area contributed by atoms with Crippen molar-refractivity contribution in [3.63, 3.8) is 0 Å². The van der Waals surface area contributed by atoms with Gasteiger partial charge in [-0.25, -0.2) is 0 Å². The van der Waals surface area contributed by atoms with Crippen LogP contribution in [0.25, 0.3) is 0 Å². The summed E-state index contributed by atoms with van der Waals surface area (Å²) in [6.07, 6.45) is 0.0815. The summed E-state index contributed by atoms with van der Waals surface area (Å²) in [5, 5.41) is 11.6. The minimum absolute atomic E-state index is 0.0815. The number of hydrogen-bond acceptors (Lipinski definition) is 2. The van der Waals surface area contributed by atoms with Crippen molar-refractivity contribution in [3.05, 3.63) is 34.3 Å². The van der Waals surface area contributed by atoms with Crippen LogP contribution in [0.5, 0.6) is 0 Å². The Bertz CT molecular complexity index is 445. The molecule has 0 saturated carbocycles. The molecule has 2 N–H and O–H groups in total. The molecule has 1 aromatic rings. The highest BCUT2D eigenvalue weighted by molar-refractivity contribution is 6.32. The van der Waals surface area contributed by atoms with E-state index < -0.39 is 12.0 Å². The Labute approximate surface area is 105 Å². The quantitative estimate of drug-likeness (QED) is 0.862. The minimum Gasteiger partial charge on any atom is -0.480 e. The molecule has 1 aromatic carbocycles. The smallest absolute Gasteiger partial charge is 0.325 e. The number of carbonyl (C=O) groups excluding carboxylic acids is 1. The van der Waals surface area contributed by atoms with E-state index in [1.165, 1.54) is 6.92 Å². The second-order valence-electron chi connectivity index (χ2n) is 3.85. The zero-order valence-electron chi connectivity index (χ0n) is 9.66. The van der Waals surface area contributed by atoms with E-state index in [9.17, 15) is 9.59 Å². The van der Waals surface area contributed by atoms with Crippen LogP contribution in [0.1, 0.15) is 18.1 Å². The number of rotatable bonds is 4. The molecule has 1 amide bonds. The lowest BCUT2D eigenvalue weighted by molar-refractivity contribution is -0.141. The van der Waals surface area contributed by atoms with E-state index in [1.54, 1.807) is 6.07 Å². The summed E-state index contributed by atoms with van der Waals surface area (Å²) in [4.78, 5) is 22.1. The van der Waals surface area contributed by atoms with Crippen LogP contribution in [0.3, 0.4) is 0 Å². The van der Waals surface area contributed by atoms with E-state index in [0.29, 0.717) is 10.6 Å². The molecular weight excluding hydrogens is 242 g/mol. The molecular formula is C12H14ClNO3. The molecule has 0 heterocycles. The molecule has 0 bridgehead atoms. The molecule has 17 heavy (non-hydrogen) atoms. The average molecular weight is 256 g/mol. The van der Waals surface area contributed by atoms with Crippen molar-refractivity contribution in [2.45, 2.75) is 26.3 Å². The van der Waals surface area contributed by atoms with Crippen LogP contribution in [0.15, 0.2) is 18.2 Å². The maximum atomic E-state index is 11.6. The van der Waals surface area contributed by atoms with Crippen LogP contribution in [-0.2, 0) is 16.0 Å². The normalized spacial score (nSPS) is 11.9. The summed E-state index contributed by atoms with van der Waals surface area (Å²) < 4.78 is 0. The van der Waals surface area contributed by atoms with Gasteiger partial charge in [0.25, 0.3) is 0 Å². The number of halogens is 1. The first-order chi connectivity index (χ1) is 7.91. The first-order valence-electron chi connectivity index (χ1n) is 5.18. The SMILES string of the molecule is Cc1cccc(CC(=O)N[C@H](C)C(=O)O)c1Cl. The second-order valence-corrected chi connectivity index (χ2v) is 4.23. The molecule has 0 fully saturated rings. The molecule has 92 valence electrons. The zero-order valence-corrected chi connectivity index (χ0v) is 10.4. The number of carboxylic acid groups (broad SMARTS) is 1. The van der Waals surface area contributed by atoms with Gasteiger partial charge < -0.3 is 10.4 Å². The molecule has 0 aromatic heterocycles. The Balaban J connectivity index is 2.69. The number of carbonyl (C=O) groups is 2. The van der Waals surface area contributed by atoms with Gasteiger partial charge in [-0.15, -0.1) is 0 Å². The maximum Gasteiger partial charge on any atom is 0.325 e. The van der Waals surface area contributed by atoms with Gasteiger partial charge in [-0.1, -0.05) is 29.8 Å². The van der Waals surface area contributed by atoms with Crippen molar-refractivity contribution in [3.8, 4) is 0 Å². The van der Waals surface area contributed by atoms with Gasteiger partial charge in [0, 0.05) is 5.02 Å². The maximum absolute atomic E-state index is 11.6. The van der Waals surface area contributed by atoms with Gasteiger partial charge in [0.2, 0.25) is 5.91 Å². The number of aryl methyl sites for hydroxylation is 1. The lowest BCUT2D eigenvalue weighted by Gasteiger charge is -2.10. The molecule has 0 aliphatic heterocycles. The fraction of sp³-hybridized carbons (Fsp3) is 0.333. The third kappa shape index (κ3) is 3.75. The summed E-state index contributed by atoms with van der Waals surface area (Å²) in [6, 6.07) is 4.51. The third-order valence-electron chi connectivity index (χ3n) is 2.37. The molecule has 0 aliphatic rings. The molecule has 1 rings (SSSR count). The summed E-state index contributed by atoms with van der Waals surface area (Å²) in [5.74, 6) is -1.42. The Morgan fingerprint density at radius 1 is 1.47 bits per heavy atom. The molecule has 0 saturated heterocycles. The van der Waals surface area contributed by atoms with E-state index in [2.05, 4.69) is 5.32 Å². The van der Waals surface area contributed by atoms with E-state index in [4.69, 9.17) is 16.7 Å². The first-order valence-corrected chi connectivity index (χ1v) is 5.55. The number of aliphatic carboxylic acids is 1. The summed E-state index contributed by atoms with van der Waals surface area (Å²) in [7, 11) is 0. The number of benzene rings is 1. The van der Waals surface area contributed by atoms with Crippen LogP contribution in [0, 0.1) is 6.92 Å². The average Bonchev–Trinajstić information content (AvgIpc) is 2.24. The van der Waals surface area contributed by atoms with Crippen LogP contribution in [0.2, 0.25) is 5.02 Å². The number of hydrogen-bond donors (Lipinski definition) is 2. The van der Waals surface area contributed by atoms with E-state index >= 15 is 0 Å². The van der Waals surface area contributed by atoms with Gasteiger partial charge in [-0.2, -0.15) is 0 Å². The molecule has 0 unspecified atom stereocenters.